The maximum Gasteiger partial charge on any atom is 0.227 e. The van der Waals surface area contributed by atoms with Gasteiger partial charge in [-0.3, -0.25) is 4.79 Å². The van der Waals surface area contributed by atoms with Crippen LogP contribution in [0.2, 0.25) is 0 Å². The Kier molecular flexibility index (Phi) is 5.02. The normalized spacial score (nSPS) is 20.3. The summed E-state index contributed by atoms with van der Waals surface area (Å²) in [6.45, 7) is 3.00. The van der Waals surface area contributed by atoms with Gasteiger partial charge in [0.2, 0.25) is 5.91 Å². The Balaban J connectivity index is 1.34. The van der Waals surface area contributed by atoms with Crippen LogP contribution in [0.4, 0.5) is 0 Å². The third-order valence-corrected chi connectivity index (χ3v) is 7.24. The second-order valence-corrected chi connectivity index (χ2v) is 9.23. The number of aromatic amines is 1. The molecule has 1 atom stereocenters. The number of hydrogen-bond donors (Lipinski definition) is 1. The molecule has 2 aliphatic rings. The molecule has 5 rings (SSSR count). The van der Waals surface area contributed by atoms with Crippen LogP contribution in [-0.2, 0) is 11.2 Å². The van der Waals surface area contributed by atoms with E-state index in [9.17, 15) is 4.79 Å². The Morgan fingerprint density at radius 1 is 1.29 bits per heavy atom. The van der Waals surface area contributed by atoms with Gasteiger partial charge in [0.05, 0.1) is 18.1 Å². The lowest BCUT2D eigenvalue weighted by Crippen LogP contribution is -2.45. The summed E-state index contributed by atoms with van der Waals surface area (Å²) >= 11 is 0. The number of rotatable bonds is 3. The molecule has 1 aliphatic heterocycles. The van der Waals surface area contributed by atoms with Gasteiger partial charge in [0.15, 0.2) is 0 Å². The fourth-order valence-corrected chi connectivity index (χ4v) is 5.49. The van der Waals surface area contributed by atoms with Crippen LogP contribution in [0.1, 0.15) is 66.7 Å². The summed E-state index contributed by atoms with van der Waals surface area (Å²) in [6, 6.07) is 11.8. The molecule has 5 heteroatoms. The molecule has 1 aliphatic carbocycles. The largest absolute Gasteiger partial charge is 0.346 e. The Bertz CT molecular complexity index is 1170. The highest BCUT2D eigenvalue weighted by molar-refractivity contribution is 5.81. The first kappa shape index (κ1) is 19.8. The highest BCUT2D eigenvalue weighted by atomic mass is 16.2. The monoisotopic (exact) mass is 412 g/mol. The van der Waals surface area contributed by atoms with E-state index in [1.807, 2.05) is 30.6 Å². The zero-order valence-electron chi connectivity index (χ0n) is 18.0. The van der Waals surface area contributed by atoms with Crippen LogP contribution in [0.15, 0.2) is 42.7 Å². The fraction of sp³-hybridized carbons (Fsp3) is 0.423. The average molecular weight is 413 g/mol. The minimum Gasteiger partial charge on any atom is -0.346 e. The van der Waals surface area contributed by atoms with Crippen molar-refractivity contribution in [3.63, 3.8) is 0 Å². The standard InChI is InChI=1S/C26H28N4O/c1-18-17-29-25-22(8-12-28-25)24(18)21-6-3-13-30(26(9-7-21)10-11-26)23(31)15-19-4-2-5-20(14-19)16-27/h2,4-5,8,12,14,17,21H,3,6-7,9-11,13,15H2,1H3,(H,28,29). The third-order valence-electron chi connectivity index (χ3n) is 7.24. The number of amides is 1. The topological polar surface area (TPSA) is 72.8 Å². The SMILES string of the molecule is Cc1cnc2[nH]ccc2c1C1CCCN(C(=O)Cc2cccc(C#N)c2)C2(CC1)CC2. The van der Waals surface area contributed by atoms with E-state index in [4.69, 9.17) is 5.26 Å². The number of H-pyrrole nitrogens is 1. The molecule has 1 saturated carbocycles. The van der Waals surface area contributed by atoms with Gasteiger partial charge in [-0.25, -0.2) is 4.98 Å². The molecular weight excluding hydrogens is 384 g/mol. The quantitative estimate of drug-likeness (QED) is 0.658. The van der Waals surface area contributed by atoms with E-state index >= 15 is 0 Å². The predicted molar refractivity (Wildman–Crippen MR) is 121 cm³/mol. The van der Waals surface area contributed by atoms with Crippen LogP contribution in [0, 0.1) is 18.3 Å². The fourth-order valence-electron chi connectivity index (χ4n) is 5.49. The summed E-state index contributed by atoms with van der Waals surface area (Å²) in [7, 11) is 0. The number of nitrogens with one attached hydrogen (secondary N) is 1. The van der Waals surface area contributed by atoms with Gasteiger partial charge >= 0.3 is 0 Å². The molecule has 1 spiro atoms. The van der Waals surface area contributed by atoms with Crippen molar-refractivity contribution in [2.45, 2.75) is 63.3 Å². The molecule has 31 heavy (non-hydrogen) atoms. The van der Waals surface area contributed by atoms with Gasteiger partial charge in [-0.1, -0.05) is 12.1 Å². The highest BCUT2D eigenvalue weighted by Gasteiger charge is 2.50. The maximum atomic E-state index is 13.3. The number of fused-ring (bicyclic) bond motifs is 1. The summed E-state index contributed by atoms with van der Waals surface area (Å²) in [6.07, 6.45) is 10.9. The van der Waals surface area contributed by atoms with Crippen LogP contribution in [0.3, 0.4) is 0 Å². The van der Waals surface area contributed by atoms with Crippen molar-refractivity contribution in [1.29, 1.82) is 5.26 Å². The van der Waals surface area contributed by atoms with Crippen molar-refractivity contribution in [2.75, 3.05) is 6.54 Å². The molecular formula is C26H28N4O. The number of nitriles is 1. The number of pyridine rings is 1. The lowest BCUT2D eigenvalue weighted by atomic mass is 9.83. The van der Waals surface area contributed by atoms with E-state index in [2.05, 4.69) is 33.9 Å². The number of carbonyl (C=O) groups excluding carboxylic acids is 1. The van der Waals surface area contributed by atoms with Gasteiger partial charge in [0.25, 0.3) is 0 Å². The Morgan fingerprint density at radius 2 is 2.16 bits per heavy atom. The smallest absolute Gasteiger partial charge is 0.227 e. The molecule has 1 amide bonds. The molecule has 158 valence electrons. The summed E-state index contributed by atoms with van der Waals surface area (Å²) < 4.78 is 0. The minimum absolute atomic E-state index is 0.0424. The number of aromatic nitrogens is 2. The van der Waals surface area contributed by atoms with Crippen LogP contribution in [-0.4, -0.2) is 32.9 Å². The first-order valence-electron chi connectivity index (χ1n) is 11.3. The van der Waals surface area contributed by atoms with Gasteiger partial charge < -0.3 is 9.88 Å². The number of carbonyl (C=O) groups is 1. The second-order valence-electron chi connectivity index (χ2n) is 9.23. The lowest BCUT2D eigenvalue weighted by Gasteiger charge is -2.36. The van der Waals surface area contributed by atoms with E-state index in [0.717, 1.165) is 56.3 Å². The summed E-state index contributed by atoms with van der Waals surface area (Å²) in [5.74, 6) is 0.725. The molecule has 3 heterocycles. The number of nitrogens with zero attached hydrogens (tertiary/aromatic N) is 3. The van der Waals surface area contributed by atoms with Gasteiger partial charge in [-0.2, -0.15) is 5.26 Å². The molecule has 3 aromatic rings. The first-order valence-corrected chi connectivity index (χ1v) is 11.3. The van der Waals surface area contributed by atoms with Crippen molar-refractivity contribution in [2.24, 2.45) is 0 Å². The third kappa shape index (κ3) is 3.72. The van der Waals surface area contributed by atoms with Crippen LogP contribution in [0.5, 0.6) is 0 Å². The molecule has 2 fully saturated rings. The maximum absolute atomic E-state index is 13.3. The van der Waals surface area contributed by atoms with Crippen molar-refractivity contribution >= 4 is 16.9 Å². The minimum atomic E-state index is 0.0424. The van der Waals surface area contributed by atoms with Gasteiger partial charge in [-0.15, -0.1) is 0 Å². The van der Waals surface area contributed by atoms with Crippen LogP contribution >= 0.6 is 0 Å². The van der Waals surface area contributed by atoms with E-state index in [0.29, 0.717) is 17.9 Å². The number of benzene rings is 1. The zero-order chi connectivity index (χ0) is 21.4. The summed E-state index contributed by atoms with van der Waals surface area (Å²) in [5.41, 5.74) is 5.27. The Labute approximate surface area is 183 Å². The van der Waals surface area contributed by atoms with Crippen LogP contribution < -0.4 is 0 Å². The van der Waals surface area contributed by atoms with Crippen molar-refractivity contribution in [3.8, 4) is 6.07 Å². The molecule has 0 bridgehead atoms. The molecule has 2 aromatic heterocycles. The molecule has 1 aromatic carbocycles. The van der Waals surface area contributed by atoms with Gasteiger partial charge in [0.1, 0.15) is 5.65 Å². The number of hydrogen-bond acceptors (Lipinski definition) is 3. The zero-order valence-corrected chi connectivity index (χ0v) is 18.0. The first-order chi connectivity index (χ1) is 15.1. The van der Waals surface area contributed by atoms with E-state index in [-0.39, 0.29) is 11.4 Å². The van der Waals surface area contributed by atoms with Crippen LogP contribution in [0.25, 0.3) is 11.0 Å². The van der Waals surface area contributed by atoms with E-state index < -0.39 is 0 Å². The molecule has 0 radical (unpaired) electrons. The number of aryl methyl sites for hydroxylation is 1. The predicted octanol–water partition coefficient (Wildman–Crippen LogP) is 5.00. The van der Waals surface area contributed by atoms with Gasteiger partial charge in [0, 0.05) is 29.9 Å². The van der Waals surface area contributed by atoms with Crippen molar-refractivity contribution in [1.82, 2.24) is 14.9 Å². The summed E-state index contributed by atoms with van der Waals surface area (Å²) in [4.78, 5) is 23.2. The molecule has 5 nitrogen and oxygen atoms in total. The van der Waals surface area contributed by atoms with E-state index in [1.54, 1.807) is 6.07 Å². The Morgan fingerprint density at radius 3 is 2.97 bits per heavy atom. The molecule has 1 unspecified atom stereocenters. The molecule has 1 N–H and O–H groups in total. The summed E-state index contributed by atoms with van der Waals surface area (Å²) in [5, 5.41) is 10.4. The van der Waals surface area contributed by atoms with Crippen molar-refractivity contribution < 1.29 is 4.79 Å². The highest BCUT2D eigenvalue weighted by Crippen LogP contribution is 2.49. The van der Waals surface area contributed by atoms with Crippen molar-refractivity contribution in [3.05, 3.63) is 65.0 Å². The lowest BCUT2D eigenvalue weighted by molar-refractivity contribution is -0.134. The van der Waals surface area contributed by atoms with E-state index in [1.165, 1.54) is 16.5 Å². The second kappa shape index (κ2) is 7.85. The average Bonchev–Trinajstić information content (AvgIpc) is 3.40. The Hall–Kier alpha value is -3.13. The van der Waals surface area contributed by atoms with Gasteiger partial charge in [-0.05, 0) is 86.3 Å². The molecule has 1 saturated heterocycles. The number of likely N-dealkylation sites (tertiary alicyclic amines) is 1.